The molecule has 182 valence electrons. The van der Waals surface area contributed by atoms with E-state index in [-0.39, 0.29) is 0 Å². The smallest absolute Gasteiger partial charge is 0.0730 e. The van der Waals surface area contributed by atoms with Crippen LogP contribution in [0.25, 0.3) is 83.0 Å². The van der Waals surface area contributed by atoms with Crippen LogP contribution >= 0.6 is 34.0 Å². The highest BCUT2D eigenvalue weighted by molar-refractivity contribution is 7.27. The zero-order valence-electron chi connectivity index (χ0n) is 20.3. The van der Waals surface area contributed by atoms with Crippen LogP contribution in [-0.4, -0.2) is 19.9 Å². The van der Waals surface area contributed by atoms with Gasteiger partial charge in [-0.25, -0.2) is 0 Å². The molecule has 0 amide bonds. The van der Waals surface area contributed by atoms with Gasteiger partial charge in [-0.1, -0.05) is 36.4 Å². The van der Waals surface area contributed by atoms with E-state index in [2.05, 4.69) is 70.6 Å². The number of benzene rings is 2. The van der Waals surface area contributed by atoms with Crippen LogP contribution < -0.4 is 0 Å². The Labute approximate surface area is 233 Å². The van der Waals surface area contributed by atoms with E-state index in [0.29, 0.717) is 0 Å². The maximum atomic E-state index is 4.92. The average molecular weight is 553 g/mol. The van der Waals surface area contributed by atoms with Gasteiger partial charge in [-0.05, 0) is 24.3 Å². The largest absolute Gasteiger partial charge is 0.264 e. The lowest BCUT2D eigenvalue weighted by Crippen LogP contribution is -1.83. The van der Waals surface area contributed by atoms with Crippen molar-refractivity contribution < 1.29 is 0 Å². The molecule has 0 unspecified atom stereocenters. The second-order valence-electron chi connectivity index (χ2n) is 9.55. The Morgan fingerprint density at radius 2 is 0.923 bits per heavy atom. The molecule has 0 saturated heterocycles. The Bertz CT molecular complexity index is 2250. The molecule has 0 atom stereocenters. The summed E-state index contributed by atoms with van der Waals surface area (Å²) in [6.45, 7) is 0. The van der Waals surface area contributed by atoms with Crippen LogP contribution in [0.4, 0.5) is 0 Å². The second kappa shape index (κ2) is 8.10. The minimum absolute atomic E-state index is 0.999. The maximum Gasteiger partial charge on any atom is 0.0730 e. The van der Waals surface area contributed by atoms with E-state index in [4.69, 9.17) is 9.97 Å². The summed E-state index contributed by atoms with van der Waals surface area (Å²) >= 11 is 5.42. The molecule has 0 spiro atoms. The molecule has 7 aromatic heterocycles. The van der Waals surface area contributed by atoms with E-state index in [9.17, 15) is 0 Å². The van der Waals surface area contributed by atoms with Crippen molar-refractivity contribution in [1.29, 1.82) is 0 Å². The van der Waals surface area contributed by atoms with Crippen LogP contribution in [0.2, 0.25) is 0 Å². The van der Waals surface area contributed by atoms with Crippen molar-refractivity contribution in [2.24, 2.45) is 0 Å². The lowest BCUT2D eigenvalue weighted by Gasteiger charge is -2.03. The Morgan fingerprint density at radius 3 is 1.44 bits per heavy atom. The number of aromatic nitrogens is 4. The Balaban J connectivity index is 1.25. The summed E-state index contributed by atoms with van der Waals surface area (Å²) in [5, 5.41) is 7.17. The molecule has 7 heterocycles. The molecular formula is C32H16N4S3. The highest BCUT2D eigenvalue weighted by Gasteiger charge is 2.17. The summed E-state index contributed by atoms with van der Waals surface area (Å²) in [6.07, 6.45) is 11.6. The summed E-state index contributed by atoms with van der Waals surface area (Å²) < 4.78 is 7.45. The summed E-state index contributed by atoms with van der Waals surface area (Å²) in [5.74, 6) is 0. The van der Waals surface area contributed by atoms with Gasteiger partial charge in [0.05, 0.1) is 11.4 Å². The number of nitrogens with zero attached hydrogens (tertiary/aromatic N) is 4. The first-order valence-electron chi connectivity index (χ1n) is 12.5. The van der Waals surface area contributed by atoms with Gasteiger partial charge in [0.1, 0.15) is 0 Å². The molecule has 0 saturated carbocycles. The molecule has 0 aliphatic carbocycles. The van der Waals surface area contributed by atoms with Gasteiger partial charge in [-0.2, -0.15) is 0 Å². The van der Waals surface area contributed by atoms with Crippen molar-refractivity contribution in [2.75, 3.05) is 0 Å². The SMILES string of the molecule is c1cc(-c2cc3sc4ccncc4c3cn2)c2sc3c(-c4cc5sc6ccncc6c5cn4)cccc3c2c1. The van der Waals surface area contributed by atoms with E-state index in [1.165, 1.54) is 49.7 Å². The Hall–Kier alpha value is -4.30. The van der Waals surface area contributed by atoms with Crippen molar-refractivity contribution in [3.8, 4) is 22.5 Å². The topological polar surface area (TPSA) is 51.6 Å². The fourth-order valence-electron chi connectivity index (χ4n) is 5.55. The second-order valence-corrected chi connectivity index (χ2v) is 12.7. The van der Waals surface area contributed by atoms with Crippen LogP contribution in [0.3, 0.4) is 0 Å². The van der Waals surface area contributed by atoms with E-state index >= 15 is 0 Å². The third kappa shape index (κ3) is 3.15. The third-order valence-corrected chi connectivity index (χ3v) is 10.9. The van der Waals surface area contributed by atoms with Gasteiger partial charge in [0.25, 0.3) is 0 Å². The molecule has 0 radical (unpaired) electrons. The zero-order chi connectivity index (χ0) is 25.5. The fraction of sp³-hybridized carbons (Fsp3) is 0. The van der Waals surface area contributed by atoms with Gasteiger partial charge in [0.2, 0.25) is 0 Å². The molecular weight excluding hydrogens is 537 g/mol. The number of thiophene rings is 3. The van der Waals surface area contributed by atoms with Crippen LogP contribution in [0.15, 0.2) is 97.8 Å². The monoisotopic (exact) mass is 552 g/mol. The highest BCUT2D eigenvalue weighted by atomic mass is 32.1. The van der Waals surface area contributed by atoms with Gasteiger partial charge in [-0.3, -0.25) is 19.9 Å². The molecule has 0 bridgehead atoms. The van der Waals surface area contributed by atoms with Crippen LogP contribution in [0, 0.1) is 0 Å². The number of fused-ring (bicyclic) bond motifs is 9. The first-order chi connectivity index (χ1) is 19.3. The van der Waals surface area contributed by atoms with Crippen molar-refractivity contribution in [2.45, 2.75) is 0 Å². The van der Waals surface area contributed by atoms with Crippen molar-refractivity contribution in [3.63, 3.8) is 0 Å². The highest BCUT2D eigenvalue weighted by Crippen LogP contribution is 2.45. The first-order valence-corrected chi connectivity index (χ1v) is 15.0. The normalized spacial score (nSPS) is 12.1. The van der Waals surface area contributed by atoms with E-state index in [1.807, 2.05) is 48.5 Å². The number of hydrogen-bond donors (Lipinski definition) is 0. The van der Waals surface area contributed by atoms with Gasteiger partial charge in [-0.15, -0.1) is 34.0 Å². The molecule has 2 aromatic carbocycles. The van der Waals surface area contributed by atoms with E-state index in [1.54, 1.807) is 22.7 Å². The van der Waals surface area contributed by atoms with Crippen molar-refractivity contribution >= 4 is 94.5 Å². The van der Waals surface area contributed by atoms with Crippen LogP contribution in [0.1, 0.15) is 0 Å². The lowest BCUT2D eigenvalue weighted by molar-refractivity contribution is 1.36. The van der Waals surface area contributed by atoms with E-state index < -0.39 is 0 Å². The number of hydrogen-bond acceptors (Lipinski definition) is 7. The quantitative estimate of drug-likeness (QED) is 0.214. The predicted octanol–water partition coefficient (Wildman–Crippen LogP) is 9.70. The van der Waals surface area contributed by atoms with Crippen molar-refractivity contribution in [1.82, 2.24) is 19.9 Å². The van der Waals surface area contributed by atoms with Crippen LogP contribution in [0.5, 0.6) is 0 Å². The van der Waals surface area contributed by atoms with Gasteiger partial charge in [0, 0.05) is 109 Å². The molecule has 7 heteroatoms. The summed E-state index contributed by atoms with van der Waals surface area (Å²) in [6, 6.07) is 21.7. The molecule has 0 aliphatic rings. The maximum absolute atomic E-state index is 4.92. The lowest BCUT2D eigenvalue weighted by atomic mass is 10.0. The fourth-order valence-corrected chi connectivity index (χ4v) is 9.06. The van der Waals surface area contributed by atoms with Gasteiger partial charge in [0.15, 0.2) is 0 Å². The van der Waals surface area contributed by atoms with Crippen molar-refractivity contribution in [3.05, 3.63) is 97.8 Å². The summed E-state index contributed by atoms with van der Waals surface area (Å²) in [4.78, 5) is 18.5. The molecule has 0 fully saturated rings. The standard InChI is InChI=1S/C32H16N4S3/c1-3-17-18-4-2-6-20(26-12-30-24(16-36-26)22-14-34-10-8-28(22)38-30)32(18)39-31(17)19(5-1)25-11-29-23(15-35-25)21-13-33-9-7-27(21)37-29/h1-16H. The molecule has 9 aromatic rings. The summed E-state index contributed by atoms with van der Waals surface area (Å²) in [7, 11) is 0. The van der Waals surface area contributed by atoms with Gasteiger partial charge < -0.3 is 0 Å². The minimum atomic E-state index is 0.999. The zero-order valence-corrected chi connectivity index (χ0v) is 22.7. The Morgan fingerprint density at radius 1 is 0.436 bits per heavy atom. The third-order valence-electron chi connectivity index (χ3n) is 7.39. The molecule has 0 N–H and O–H groups in total. The first kappa shape index (κ1) is 21.6. The number of pyridine rings is 4. The summed E-state index contributed by atoms with van der Waals surface area (Å²) in [5.41, 5.74) is 4.33. The van der Waals surface area contributed by atoms with E-state index in [0.717, 1.165) is 33.3 Å². The predicted molar refractivity (Wildman–Crippen MR) is 167 cm³/mol. The van der Waals surface area contributed by atoms with Crippen LogP contribution in [-0.2, 0) is 0 Å². The molecule has 9 rings (SSSR count). The molecule has 39 heavy (non-hydrogen) atoms. The molecule has 4 nitrogen and oxygen atoms in total. The minimum Gasteiger partial charge on any atom is -0.264 e. The number of rotatable bonds is 2. The average Bonchev–Trinajstić information content (AvgIpc) is 3.67. The molecule has 0 aliphatic heterocycles. The van der Waals surface area contributed by atoms with Gasteiger partial charge >= 0.3 is 0 Å². The Kier molecular flexibility index (Phi) is 4.49.